The fourth-order valence-corrected chi connectivity index (χ4v) is 3.17. The highest BCUT2D eigenvalue weighted by molar-refractivity contribution is 7.99. The molecule has 118 valence electrons. The van der Waals surface area contributed by atoms with Crippen molar-refractivity contribution in [1.29, 1.82) is 0 Å². The Morgan fingerprint density at radius 1 is 1.38 bits per heavy atom. The Kier molecular flexibility index (Phi) is 7.10. The number of thioether (sulfide) groups is 1. The van der Waals surface area contributed by atoms with E-state index in [9.17, 15) is 9.59 Å². The molecule has 3 unspecified atom stereocenters. The normalized spacial score (nSPS) is 23.9. The van der Waals surface area contributed by atoms with E-state index in [4.69, 9.17) is 6.42 Å². The van der Waals surface area contributed by atoms with Crippen molar-refractivity contribution in [3.63, 3.8) is 0 Å². The number of hydrogen-bond donors (Lipinski definition) is 1. The minimum absolute atomic E-state index is 0.0307. The third-order valence-corrected chi connectivity index (χ3v) is 4.80. The zero-order valence-electron chi connectivity index (χ0n) is 13.4. The topological polar surface area (TPSA) is 49.4 Å². The second-order valence-electron chi connectivity index (χ2n) is 5.85. The van der Waals surface area contributed by atoms with Gasteiger partial charge in [0.15, 0.2) is 0 Å². The molecule has 0 radical (unpaired) electrons. The fraction of sp³-hybridized carbons (Fsp3) is 0.750. The van der Waals surface area contributed by atoms with Crippen LogP contribution in [0.2, 0.25) is 0 Å². The molecule has 1 N–H and O–H groups in total. The molecule has 1 saturated heterocycles. The van der Waals surface area contributed by atoms with Crippen LogP contribution in [0.15, 0.2) is 0 Å². The molecular formula is C16H26N2O2S. The first-order chi connectivity index (χ1) is 9.93. The summed E-state index contributed by atoms with van der Waals surface area (Å²) in [6.07, 6.45) is 6.10. The summed E-state index contributed by atoms with van der Waals surface area (Å²) >= 11 is 1.62. The van der Waals surface area contributed by atoms with E-state index in [-0.39, 0.29) is 29.7 Å². The smallest absolute Gasteiger partial charge is 0.246 e. The Morgan fingerprint density at radius 3 is 2.57 bits per heavy atom. The van der Waals surface area contributed by atoms with Gasteiger partial charge in [-0.1, -0.05) is 40.0 Å². The second kappa shape index (κ2) is 8.33. The van der Waals surface area contributed by atoms with E-state index in [1.807, 2.05) is 27.7 Å². The van der Waals surface area contributed by atoms with Crippen molar-refractivity contribution in [2.24, 2.45) is 11.8 Å². The van der Waals surface area contributed by atoms with Crippen LogP contribution < -0.4 is 5.32 Å². The third kappa shape index (κ3) is 4.41. The van der Waals surface area contributed by atoms with Crippen LogP contribution in [0.25, 0.3) is 0 Å². The van der Waals surface area contributed by atoms with Crippen LogP contribution in [0.1, 0.15) is 34.1 Å². The molecule has 0 aromatic carbocycles. The first kappa shape index (κ1) is 17.9. The van der Waals surface area contributed by atoms with Crippen LogP contribution >= 0.6 is 11.8 Å². The van der Waals surface area contributed by atoms with Crippen molar-refractivity contribution in [1.82, 2.24) is 10.2 Å². The minimum Gasteiger partial charge on any atom is -0.342 e. The van der Waals surface area contributed by atoms with E-state index in [0.717, 1.165) is 12.2 Å². The Balaban J connectivity index is 2.85. The maximum absolute atomic E-state index is 12.7. The van der Waals surface area contributed by atoms with Gasteiger partial charge in [-0.2, -0.15) is 0 Å². The molecule has 0 spiro atoms. The highest BCUT2D eigenvalue weighted by Gasteiger charge is 2.43. The minimum atomic E-state index is -0.393. The molecule has 1 aliphatic rings. The van der Waals surface area contributed by atoms with Crippen LogP contribution in [0.4, 0.5) is 0 Å². The second-order valence-corrected chi connectivity index (χ2v) is 6.95. The van der Waals surface area contributed by atoms with Gasteiger partial charge in [0, 0.05) is 12.3 Å². The maximum Gasteiger partial charge on any atom is 0.246 e. The molecule has 5 heteroatoms. The summed E-state index contributed by atoms with van der Waals surface area (Å²) in [5.74, 6) is 4.24. The predicted octanol–water partition coefficient (Wildman–Crippen LogP) is 1.75. The van der Waals surface area contributed by atoms with Gasteiger partial charge < -0.3 is 10.2 Å². The number of carbonyl (C=O) groups excluding carboxylic acids is 2. The van der Waals surface area contributed by atoms with Gasteiger partial charge in [-0.05, 0) is 11.8 Å². The average molecular weight is 310 g/mol. The fourth-order valence-electron chi connectivity index (χ4n) is 2.58. The van der Waals surface area contributed by atoms with Gasteiger partial charge in [0.2, 0.25) is 11.8 Å². The number of rotatable bonds is 7. The molecule has 21 heavy (non-hydrogen) atoms. The largest absolute Gasteiger partial charge is 0.342 e. The van der Waals surface area contributed by atoms with Crippen LogP contribution in [-0.2, 0) is 9.59 Å². The summed E-state index contributed by atoms with van der Waals surface area (Å²) in [6.45, 7) is 8.56. The lowest BCUT2D eigenvalue weighted by Crippen LogP contribution is -2.66. The molecule has 1 rings (SSSR count). The SMILES string of the molecule is C#CCSCCN1C(=O)C(C(C)CC)NC(=O)C1C(C)C. The molecule has 0 saturated carbocycles. The van der Waals surface area contributed by atoms with Gasteiger partial charge in [-0.3, -0.25) is 9.59 Å². The van der Waals surface area contributed by atoms with Crippen molar-refractivity contribution in [2.45, 2.75) is 46.2 Å². The first-order valence-electron chi connectivity index (χ1n) is 7.56. The zero-order chi connectivity index (χ0) is 16.0. The molecule has 3 atom stereocenters. The number of piperazine rings is 1. The van der Waals surface area contributed by atoms with Gasteiger partial charge in [-0.25, -0.2) is 0 Å². The molecule has 0 aliphatic carbocycles. The number of carbonyl (C=O) groups is 2. The summed E-state index contributed by atoms with van der Waals surface area (Å²) in [5.41, 5.74) is 0. The molecule has 1 heterocycles. The van der Waals surface area contributed by atoms with E-state index < -0.39 is 6.04 Å². The summed E-state index contributed by atoms with van der Waals surface area (Å²) in [4.78, 5) is 26.8. The van der Waals surface area contributed by atoms with Gasteiger partial charge in [0.1, 0.15) is 12.1 Å². The van der Waals surface area contributed by atoms with Crippen molar-refractivity contribution in [3.05, 3.63) is 0 Å². The monoisotopic (exact) mass is 310 g/mol. The van der Waals surface area contributed by atoms with Gasteiger partial charge in [-0.15, -0.1) is 18.2 Å². The molecular weight excluding hydrogens is 284 g/mol. The number of terminal acetylenes is 1. The number of nitrogens with zero attached hydrogens (tertiary/aromatic N) is 1. The summed E-state index contributed by atoms with van der Waals surface area (Å²) in [6, 6.07) is -0.764. The number of amides is 2. The van der Waals surface area contributed by atoms with E-state index in [1.54, 1.807) is 16.7 Å². The summed E-state index contributed by atoms with van der Waals surface area (Å²) < 4.78 is 0. The highest BCUT2D eigenvalue weighted by Crippen LogP contribution is 2.22. The van der Waals surface area contributed by atoms with Crippen molar-refractivity contribution < 1.29 is 9.59 Å². The lowest BCUT2D eigenvalue weighted by Gasteiger charge is -2.42. The zero-order valence-corrected chi connectivity index (χ0v) is 14.2. The summed E-state index contributed by atoms with van der Waals surface area (Å²) in [7, 11) is 0. The van der Waals surface area contributed by atoms with Gasteiger partial charge >= 0.3 is 0 Å². The van der Waals surface area contributed by atoms with Gasteiger partial charge in [0.05, 0.1) is 5.75 Å². The van der Waals surface area contributed by atoms with Gasteiger partial charge in [0.25, 0.3) is 0 Å². The first-order valence-corrected chi connectivity index (χ1v) is 8.71. The molecule has 0 aromatic heterocycles. The van der Waals surface area contributed by atoms with Crippen molar-refractivity contribution in [2.75, 3.05) is 18.1 Å². The number of hydrogen-bond acceptors (Lipinski definition) is 3. The quantitative estimate of drug-likeness (QED) is 0.576. The Labute approximate surface area is 132 Å². The predicted molar refractivity (Wildman–Crippen MR) is 87.9 cm³/mol. The van der Waals surface area contributed by atoms with Crippen LogP contribution in [0.3, 0.4) is 0 Å². The Bertz CT molecular complexity index is 417. The average Bonchev–Trinajstić information content (AvgIpc) is 2.45. The van der Waals surface area contributed by atoms with Crippen molar-refractivity contribution >= 4 is 23.6 Å². The Hall–Kier alpha value is -1.15. The molecule has 1 fully saturated rings. The standard InChI is InChI=1S/C16H26N2O2S/c1-6-9-21-10-8-18-14(11(3)4)15(19)17-13(16(18)20)12(5)7-2/h1,11-14H,7-10H2,2-5H3,(H,17,19). The maximum atomic E-state index is 12.7. The lowest BCUT2D eigenvalue weighted by atomic mass is 9.91. The van der Waals surface area contributed by atoms with E-state index >= 15 is 0 Å². The third-order valence-electron chi connectivity index (χ3n) is 3.96. The lowest BCUT2D eigenvalue weighted by molar-refractivity contribution is -0.152. The van der Waals surface area contributed by atoms with Crippen LogP contribution in [0, 0.1) is 24.2 Å². The molecule has 1 aliphatic heterocycles. The van der Waals surface area contributed by atoms with E-state index in [2.05, 4.69) is 11.2 Å². The molecule has 0 bridgehead atoms. The number of nitrogens with one attached hydrogen (secondary N) is 1. The highest BCUT2D eigenvalue weighted by atomic mass is 32.2. The Morgan fingerprint density at radius 2 is 2.05 bits per heavy atom. The van der Waals surface area contributed by atoms with E-state index in [1.165, 1.54) is 0 Å². The molecule has 0 aromatic rings. The van der Waals surface area contributed by atoms with Crippen molar-refractivity contribution in [3.8, 4) is 12.3 Å². The summed E-state index contributed by atoms with van der Waals surface area (Å²) in [5, 5.41) is 2.91. The van der Waals surface area contributed by atoms with E-state index in [0.29, 0.717) is 12.3 Å². The molecule has 4 nitrogen and oxygen atoms in total. The van der Waals surface area contributed by atoms with Crippen LogP contribution in [0.5, 0.6) is 0 Å². The van der Waals surface area contributed by atoms with Crippen LogP contribution in [-0.4, -0.2) is 46.8 Å². The molecule has 2 amide bonds.